The molecule has 0 aliphatic carbocycles. The van der Waals surface area contributed by atoms with Crippen LogP contribution in [0.15, 0.2) is 4.99 Å². The van der Waals surface area contributed by atoms with E-state index < -0.39 is 15.5 Å². The highest BCUT2D eigenvalue weighted by Gasteiger charge is 2.50. The first-order valence-corrected chi connectivity index (χ1v) is 7.50. The predicted octanol–water partition coefficient (Wildman–Crippen LogP) is 0.437. The molecular formula is C10H19F3N4O2S. The van der Waals surface area contributed by atoms with E-state index in [-0.39, 0.29) is 19.1 Å². The standard InChI is InChI=1S/C10H19F3N4O2S/c1-14-9(16(2)3)15-8-4-6-17(7-5-8)20(18,19)10(11,12)13/h8H,4-7H2,1-3H3,(H,14,15). The first kappa shape index (κ1) is 17.0. The molecule has 118 valence electrons. The van der Waals surface area contributed by atoms with E-state index in [9.17, 15) is 21.6 Å². The average Bonchev–Trinajstić information content (AvgIpc) is 2.34. The van der Waals surface area contributed by atoms with Crippen molar-refractivity contribution in [2.75, 3.05) is 34.2 Å². The van der Waals surface area contributed by atoms with Gasteiger partial charge in [-0.2, -0.15) is 17.5 Å². The molecule has 0 atom stereocenters. The van der Waals surface area contributed by atoms with Gasteiger partial charge in [0, 0.05) is 40.3 Å². The highest BCUT2D eigenvalue weighted by Crippen LogP contribution is 2.28. The Morgan fingerprint density at radius 1 is 1.30 bits per heavy atom. The van der Waals surface area contributed by atoms with Gasteiger partial charge in [-0.1, -0.05) is 0 Å². The van der Waals surface area contributed by atoms with Gasteiger partial charge in [-0.25, -0.2) is 8.42 Å². The maximum atomic E-state index is 12.4. The molecule has 10 heteroatoms. The third-order valence-corrected chi connectivity index (χ3v) is 4.68. The fraction of sp³-hybridized carbons (Fsp3) is 0.900. The minimum atomic E-state index is -5.23. The van der Waals surface area contributed by atoms with Gasteiger partial charge in [0.1, 0.15) is 0 Å². The average molecular weight is 316 g/mol. The van der Waals surface area contributed by atoms with Crippen LogP contribution in [-0.4, -0.2) is 69.4 Å². The number of hydrogen-bond acceptors (Lipinski definition) is 3. The number of alkyl halides is 3. The zero-order valence-corrected chi connectivity index (χ0v) is 12.4. The zero-order valence-electron chi connectivity index (χ0n) is 11.6. The minimum Gasteiger partial charge on any atom is -0.353 e. The highest BCUT2D eigenvalue weighted by atomic mass is 32.2. The molecule has 0 aromatic heterocycles. The summed E-state index contributed by atoms with van der Waals surface area (Å²) >= 11 is 0. The second-order valence-electron chi connectivity index (χ2n) is 4.71. The van der Waals surface area contributed by atoms with Crippen molar-refractivity contribution in [3.05, 3.63) is 0 Å². The first-order chi connectivity index (χ1) is 9.09. The van der Waals surface area contributed by atoms with Crippen molar-refractivity contribution in [3.8, 4) is 0 Å². The molecule has 1 saturated heterocycles. The number of nitrogens with zero attached hydrogens (tertiary/aromatic N) is 3. The summed E-state index contributed by atoms with van der Waals surface area (Å²) < 4.78 is 60.2. The molecule has 0 aromatic carbocycles. The topological polar surface area (TPSA) is 65.0 Å². The summed E-state index contributed by atoms with van der Waals surface area (Å²) in [4.78, 5) is 5.76. The molecule has 1 N–H and O–H groups in total. The lowest BCUT2D eigenvalue weighted by Gasteiger charge is -2.33. The normalized spacial score (nSPS) is 20.0. The van der Waals surface area contributed by atoms with Crippen molar-refractivity contribution < 1.29 is 21.6 Å². The van der Waals surface area contributed by atoms with E-state index in [1.165, 1.54) is 0 Å². The van der Waals surface area contributed by atoms with E-state index in [1.54, 1.807) is 26.0 Å². The number of rotatable bonds is 2. The molecular weight excluding hydrogens is 297 g/mol. The lowest BCUT2D eigenvalue weighted by atomic mass is 10.1. The zero-order chi connectivity index (χ0) is 15.6. The van der Waals surface area contributed by atoms with Crippen LogP contribution < -0.4 is 5.32 Å². The third kappa shape index (κ3) is 3.75. The van der Waals surface area contributed by atoms with E-state index in [0.717, 1.165) is 0 Å². The van der Waals surface area contributed by atoms with Crippen LogP contribution in [0.1, 0.15) is 12.8 Å². The summed E-state index contributed by atoms with van der Waals surface area (Å²) in [5.41, 5.74) is -5.23. The van der Waals surface area contributed by atoms with Gasteiger partial charge in [0.2, 0.25) is 0 Å². The lowest BCUT2D eigenvalue weighted by Crippen LogP contribution is -2.51. The molecule has 6 nitrogen and oxygen atoms in total. The van der Waals surface area contributed by atoms with Gasteiger partial charge < -0.3 is 10.2 Å². The van der Waals surface area contributed by atoms with Crippen LogP contribution >= 0.6 is 0 Å². The fourth-order valence-electron chi connectivity index (χ4n) is 1.96. The van der Waals surface area contributed by atoms with Crippen LogP contribution in [0.4, 0.5) is 13.2 Å². The summed E-state index contributed by atoms with van der Waals surface area (Å²) in [5.74, 6) is 0.613. The van der Waals surface area contributed by atoms with Crippen molar-refractivity contribution in [2.45, 2.75) is 24.4 Å². The van der Waals surface area contributed by atoms with E-state index in [4.69, 9.17) is 0 Å². The van der Waals surface area contributed by atoms with Crippen LogP contribution in [-0.2, 0) is 10.0 Å². The van der Waals surface area contributed by atoms with Crippen LogP contribution in [0.25, 0.3) is 0 Å². The monoisotopic (exact) mass is 316 g/mol. The van der Waals surface area contributed by atoms with E-state index in [0.29, 0.717) is 23.1 Å². The maximum absolute atomic E-state index is 12.4. The Hall–Kier alpha value is -1.03. The Kier molecular flexibility index (Phi) is 5.25. The summed E-state index contributed by atoms with van der Waals surface area (Å²) in [5, 5.41) is 3.09. The van der Waals surface area contributed by atoms with Gasteiger partial charge in [0.25, 0.3) is 0 Å². The Bertz CT molecular complexity index is 454. The molecule has 0 unspecified atom stereocenters. The molecule has 0 spiro atoms. The number of piperidine rings is 1. The lowest BCUT2D eigenvalue weighted by molar-refractivity contribution is -0.0494. The van der Waals surface area contributed by atoms with Gasteiger partial charge in [0.05, 0.1) is 0 Å². The van der Waals surface area contributed by atoms with Gasteiger partial charge >= 0.3 is 15.5 Å². The Morgan fingerprint density at radius 3 is 2.15 bits per heavy atom. The smallest absolute Gasteiger partial charge is 0.353 e. The molecule has 1 heterocycles. The summed E-state index contributed by atoms with van der Waals surface area (Å²) in [6.07, 6.45) is 0.615. The van der Waals surface area contributed by atoms with Crippen molar-refractivity contribution in [3.63, 3.8) is 0 Å². The van der Waals surface area contributed by atoms with Crippen molar-refractivity contribution in [1.29, 1.82) is 0 Å². The molecule has 1 fully saturated rings. The van der Waals surface area contributed by atoms with Crippen LogP contribution in [0.3, 0.4) is 0 Å². The van der Waals surface area contributed by atoms with Crippen LogP contribution in [0.5, 0.6) is 0 Å². The van der Waals surface area contributed by atoms with Crippen LogP contribution in [0, 0.1) is 0 Å². The molecule has 0 saturated carbocycles. The van der Waals surface area contributed by atoms with Gasteiger partial charge in [0.15, 0.2) is 5.96 Å². The molecule has 1 aliphatic heterocycles. The second-order valence-corrected chi connectivity index (χ2v) is 6.64. The Balaban J connectivity index is 2.61. The number of aliphatic imine (C=N–C) groups is 1. The Labute approximate surface area is 116 Å². The number of guanidine groups is 1. The van der Waals surface area contributed by atoms with Crippen molar-refractivity contribution in [1.82, 2.24) is 14.5 Å². The molecule has 1 aliphatic rings. The van der Waals surface area contributed by atoms with Crippen molar-refractivity contribution >= 4 is 16.0 Å². The van der Waals surface area contributed by atoms with E-state index >= 15 is 0 Å². The van der Waals surface area contributed by atoms with E-state index in [2.05, 4.69) is 10.3 Å². The largest absolute Gasteiger partial charge is 0.511 e. The SMILES string of the molecule is CN=C(NC1CCN(S(=O)(=O)C(F)(F)F)CC1)N(C)C. The predicted molar refractivity (Wildman–Crippen MR) is 69.8 cm³/mol. The quantitative estimate of drug-likeness (QED) is 0.593. The molecule has 0 bridgehead atoms. The first-order valence-electron chi connectivity index (χ1n) is 6.06. The third-order valence-electron chi connectivity index (χ3n) is 3.05. The molecule has 1 rings (SSSR count). The van der Waals surface area contributed by atoms with Gasteiger partial charge in [-0.15, -0.1) is 0 Å². The Morgan fingerprint density at radius 2 is 1.80 bits per heavy atom. The van der Waals surface area contributed by atoms with E-state index in [1.807, 2.05) is 0 Å². The summed E-state index contributed by atoms with van der Waals surface area (Å²) in [7, 11) is -0.0251. The van der Waals surface area contributed by atoms with Crippen molar-refractivity contribution in [2.24, 2.45) is 4.99 Å². The minimum absolute atomic E-state index is 0.0872. The van der Waals surface area contributed by atoms with Gasteiger partial charge in [-0.3, -0.25) is 4.99 Å². The molecule has 0 aromatic rings. The summed E-state index contributed by atoms with van der Waals surface area (Å²) in [6.45, 7) is -0.298. The molecule has 0 amide bonds. The van der Waals surface area contributed by atoms with Gasteiger partial charge in [-0.05, 0) is 12.8 Å². The molecule has 0 radical (unpaired) electrons. The molecule has 20 heavy (non-hydrogen) atoms. The number of halogens is 3. The summed E-state index contributed by atoms with van der Waals surface area (Å²) in [6, 6.07) is -0.0872. The number of hydrogen-bond donors (Lipinski definition) is 1. The fourth-order valence-corrected chi connectivity index (χ4v) is 2.95. The second kappa shape index (κ2) is 6.17. The van der Waals surface area contributed by atoms with Crippen LogP contribution in [0.2, 0.25) is 0 Å². The number of sulfonamides is 1. The maximum Gasteiger partial charge on any atom is 0.511 e. The number of nitrogens with one attached hydrogen (secondary N) is 1. The highest BCUT2D eigenvalue weighted by molar-refractivity contribution is 7.90.